The number of amides is 1. The maximum Gasteiger partial charge on any atom is 0.254 e. The summed E-state index contributed by atoms with van der Waals surface area (Å²) in [6.07, 6.45) is 4.70. The SMILES string of the molecule is CC(C)C1CCC(N(Cc2ccccc2)C(=O)c2ccccc2)CC1. The molecule has 1 aliphatic rings. The van der Waals surface area contributed by atoms with Crippen molar-refractivity contribution in [3.8, 4) is 0 Å². The second-order valence-corrected chi connectivity index (χ2v) is 7.60. The molecule has 2 nitrogen and oxygen atoms in total. The van der Waals surface area contributed by atoms with E-state index in [2.05, 4.69) is 43.0 Å². The Kier molecular flexibility index (Phi) is 5.91. The van der Waals surface area contributed by atoms with E-state index in [9.17, 15) is 4.79 Å². The van der Waals surface area contributed by atoms with E-state index < -0.39 is 0 Å². The van der Waals surface area contributed by atoms with Gasteiger partial charge in [0.25, 0.3) is 5.91 Å². The zero-order valence-electron chi connectivity index (χ0n) is 15.4. The van der Waals surface area contributed by atoms with Crippen molar-refractivity contribution in [1.29, 1.82) is 0 Å². The molecule has 0 N–H and O–H groups in total. The van der Waals surface area contributed by atoms with Gasteiger partial charge in [0.15, 0.2) is 0 Å². The zero-order chi connectivity index (χ0) is 17.6. The van der Waals surface area contributed by atoms with Crippen molar-refractivity contribution in [3.05, 3.63) is 71.8 Å². The first-order chi connectivity index (χ1) is 12.1. The standard InChI is InChI=1S/C23H29NO/c1-18(2)20-13-15-22(16-14-20)24(17-19-9-5-3-6-10-19)23(25)21-11-7-4-8-12-21/h3-12,18,20,22H,13-17H2,1-2H3. The third-order valence-electron chi connectivity index (χ3n) is 5.60. The molecule has 0 atom stereocenters. The summed E-state index contributed by atoms with van der Waals surface area (Å²) in [5.74, 6) is 1.72. The van der Waals surface area contributed by atoms with Gasteiger partial charge >= 0.3 is 0 Å². The lowest BCUT2D eigenvalue weighted by Gasteiger charge is -2.38. The van der Waals surface area contributed by atoms with Gasteiger partial charge in [0, 0.05) is 18.2 Å². The predicted molar refractivity (Wildman–Crippen MR) is 103 cm³/mol. The van der Waals surface area contributed by atoms with Crippen LogP contribution in [0.1, 0.15) is 55.5 Å². The Hall–Kier alpha value is -2.09. The van der Waals surface area contributed by atoms with Crippen LogP contribution in [0.5, 0.6) is 0 Å². The fourth-order valence-corrected chi connectivity index (χ4v) is 3.97. The molecule has 0 bridgehead atoms. The van der Waals surface area contributed by atoms with Crippen molar-refractivity contribution in [3.63, 3.8) is 0 Å². The molecule has 0 radical (unpaired) electrons. The van der Waals surface area contributed by atoms with Crippen LogP contribution in [0, 0.1) is 11.8 Å². The maximum atomic E-state index is 13.2. The molecular weight excluding hydrogens is 306 g/mol. The molecule has 25 heavy (non-hydrogen) atoms. The average molecular weight is 335 g/mol. The normalized spacial score (nSPS) is 20.4. The average Bonchev–Trinajstić information content (AvgIpc) is 2.67. The highest BCUT2D eigenvalue weighted by molar-refractivity contribution is 5.94. The second kappa shape index (κ2) is 8.33. The van der Waals surface area contributed by atoms with Crippen LogP contribution in [-0.2, 0) is 6.54 Å². The largest absolute Gasteiger partial charge is 0.331 e. The molecule has 2 heteroatoms. The minimum Gasteiger partial charge on any atom is -0.331 e. The predicted octanol–water partition coefficient (Wildman–Crippen LogP) is 5.54. The van der Waals surface area contributed by atoms with Crippen molar-refractivity contribution < 1.29 is 4.79 Å². The summed E-state index contributed by atoms with van der Waals surface area (Å²) in [4.78, 5) is 15.3. The van der Waals surface area contributed by atoms with E-state index in [1.165, 1.54) is 18.4 Å². The van der Waals surface area contributed by atoms with Crippen molar-refractivity contribution >= 4 is 5.91 Å². The third-order valence-corrected chi connectivity index (χ3v) is 5.60. The van der Waals surface area contributed by atoms with Gasteiger partial charge in [-0.05, 0) is 55.2 Å². The Morgan fingerprint density at radius 2 is 1.48 bits per heavy atom. The van der Waals surface area contributed by atoms with E-state index >= 15 is 0 Å². The lowest BCUT2D eigenvalue weighted by molar-refractivity contribution is 0.0572. The quantitative estimate of drug-likeness (QED) is 0.702. The van der Waals surface area contributed by atoms with Crippen molar-refractivity contribution in [2.75, 3.05) is 0 Å². The van der Waals surface area contributed by atoms with Crippen LogP contribution in [-0.4, -0.2) is 16.8 Å². The molecule has 132 valence electrons. The highest BCUT2D eigenvalue weighted by Gasteiger charge is 2.30. The fraction of sp³-hybridized carbons (Fsp3) is 0.435. The van der Waals surface area contributed by atoms with Crippen molar-refractivity contribution in [1.82, 2.24) is 4.90 Å². The van der Waals surface area contributed by atoms with Crippen LogP contribution in [0.2, 0.25) is 0 Å². The van der Waals surface area contributed by atoms with Gasteiger partial charge < -0.3 is 4.90 Å². The summed E-state index contributed by atoms with van der Waals surface area (Å²) >= 11 is 0. The lowest BCUT2D eigenvalue weighted by atomic mass is 9.79. The van der Waals surface area contributed by atoms with E-state index in [1.807, 2.05) is 36.4 Å². The molecular formula is C23H29NO. The zero-order valence-corrected chi connectivity index (χ0v) is 15.4. The molecule has 0 aromatic heterocycles. The number of benzene rings is 2. The van der Waals surface area contributed by atoms with Crippen LogP contribution in [0.4, 0.5) is 0 Å². The first-order valence-electron chi connectivity index (χ1n) is 9.55. The number of carbonyl (C=O) groups is 1. The first kappa shape index (κ1) is 17.7. The van der Waals surface area contributed by atoms with Crippen LogP contribution in [0.15, 0.2) is 60.7 Å². The van der Waals surface area contributed by atoms with Crippen molar-refractivity contribution in [2.24, 2.45) is 11.8 Å². The maximum absolute atomic E-state index is 13.2. The van der Waals surface area contributed by atoms with Crippen LogP contribution in [0.3, 0.4) is 0 Å². The summed E-state index contributed by atoms with van der Waals surface area (Å²) in [5.41, 5.74) is 2.00. The summed E-state index contributed by atoms with van der Waals surface area (Å²) in [6, 6.07) is 20.4. The monoisotopic (exact) mass is 335 g/mol. The number of carbonyl (C=O) groups excluding carboxylic acids is 1. The van der Waals surface area contributed by atoms with Gasteiger partial charge in [0.05, 0.1) is 0 Å². The van der Waals surface area contributed by atoms with Gasteiger partial charge in [-0.2, -0.15) is 0 Å². The van der Waals surface area contributed by atoms with Crippen LogP contribution >= 0.6 is 0 Å². The van der Waals surface area contributed by atoms with Gasteiger partial charge in [0.2, 0.25) is 0 Å². The molecule has 1 fully saturated rings. The Morgan fingerprint density at radius 1 is 0.920 bits per heavy atom. The number of hydrogen-bond donors (Lipinski definition) is 0. The highest BCUT2D eigenvalue weighted by atomic mass is 16.2. The third kappa shape index (κ3) is 4.50. The number of rotatable bonds is 5. The minimum absolute atomic E-state index is 0.164. The Labute approximate surface area is 151 Å². The topological polar surface area (TPSA) is 20.3 Å². The van der Waals surface area contributed by atoms with E-state index in [0.717, 1.165) is 30.2 Å². The summed E-state index contributed by atoms with van der Waals surface area (Å²) in [5, 5.41) is 0. The summed E-state index contributed by atoms with van der Waals surface area (Å²) in [6.45, 7) is 5.34. The van der Waals surface area contributed by atoms with Crippen molar-refractivity contribution in [2.45, 2.75) is 52.1 Å². The first-order valence-corrected chi connectivity index (χ1v) is 9.55. The van der Waals surface area contributed by atoms with E-state index in [1.54, 1.807) is 0 Å². The Balaban J connectivity index is 1.78. The van der Waals surface area contributed by atoms with Gasteiger partial charge in [0.1, 0.15) is 0 Å². The Bertz CT molecular complexity index is 657. The molecule has 0 spiro atoms. The molecule has 0 saturated heterocycles. The molecule has 0 aliphatic heterocycles. The molecule has 0 unspecified atom stereocenters. The van der Waals surface area contributed by atoms with E-state index in [4.69, 9.17) is 0 Å². The van der Waals surface area contributed by atoms with E-state index in [0.29, 0.717) is 12.6 Å². The molecule has 2 aromatic carbocycles. The van der Waals surface area contributed by atoms with Gasteiger partial charge in [-0.25, -0.2) is 0 Å². The van der Waals surface area contributed by atoms with Crippen LogP contribution < -0.4 is 0 Å². The van der Waals surface area contributed by atoms with Gasteiger partial charge in [-0.15, -0.1) is 0 Å². The highest BCUT2D eigenvalue weighted by Crippen LogP contribution is 2.33. The molecule has 1 amide bonds. The molecule has 2 aromatic rings. The summed E-state index contributed by atoms with van der Waals surface area (Å²) in [7, 11) is 0. The molecule has 0 heterocycles. The molecule has 1 saturated carbocycles. The van der Waals surface area contributed by atoms with Crippen LogP contribution in [0.25, 0.3) is 0 Å². The summed E-state index contributed by atoms with van der Waals surface area (Å²) < 4.78 is 0. The van der Waals surface area contributed by atoms with E-state index in [-0.39, 0.29) is 5.91 Å². The Morgan fingerprint density at radius 3 is 2.04 bits per heavy atom. The second-order valence-electron chi connectivity index (χ2n) is 7.60. The molecule has 3 rings (SSSR count). The van der Waals surface area contributed by atoms with Gasteiger partial charge in [-0.1, -0.05) is 62.4 Å². The minimum atomic E-state index is 0.164. The van der Waals surface area contributed by atoms with Gasteiger partial charge in [-0.3, -0.25) is 4.79 Å². The number of hydrogen-bond acceptors (Lipinski definition) is 1. The smallest absolute Gasteiger partial charge is 0.254 e. The lowest BCUT2D eigenvalue weighted by Crippen LogP contribution is -2.42. The molecule has 1 aliphatic carbocycles. The fourth-order valence-electron chi connectivity index (χ4n) is 3.97. The number of nitrogens with zero attached hydrogens (tertiary/aromatic N) is 1.